The Labute approximate surface area is 220 Å². The number of aryl methyl sites for hydroxylation is 1. The van der Waals surface area contributed by atoms with Crippen molar-refractivity contribution in [3.8, 4) is 0 Å². The molecule has 1 saturated carbocycles. The molecule has 1 N–H and O–H groups in total. The average Bonchev–Trinajstić information content (AvgIpc) is 3.69. The number of ether oxygens (including phenoxy) is 1. The first-order valence-electron chi connectivity index (χ1n) is 13.4. The van der Waals surface area contributed by atoms with Gasteiger partial charge in [-0.3, -0.25) is 9.69 Å². The minimum atomic E-state index is -0.392. The Kier molecular flexibility index (Phi) is 7.17. The lowest BCUT2D eigenvalue weighted by Crippen LogP contribution is -2.39. The highest BCUT2D eigenvalue weighted by molar-refractivity contribution is 7.09. The number of pyridine rings is 1. The van der Waals surface area contributed by atoms with Gasteiger partial charge in [-0.25, -0.2) is 4.68 Å². The quantitative estimate of drug-likeness (QED) is 0.347. The largest absolute Gasteiger partial charge is 0.377 e. The number of aromatic amines is 1. The van der Waals surface area contributed by atoms with Crippen LogP contribution in [0.3, 0.4) is 0 Å². The number of rotatable bonds is 8. The second-order valence-electron chi connectivity index (χ2n) is 10.5. The van der Waals surface area contributed by atoms with Crippen molar-refractivity contribution in [3.63, 3.8) is 0 Å². The van der Waals surface area contributed by atoms with Gasteiger partial charge in [0, 0.05) is 35.7 Å². The Morgan fingerprint density at radius 2 is 2.05 bits per heavy atom. The molecule has 4 aromatic rings. The number of H-pyrrole nitrogens is 1. The summed E-state index contributed by atoms with van der Waals surface area (Å²) in [7, 11) is 0. The molecule has 0 bridgehead atoms. The fourth-order valence-electron chi connectivity index (χ4n) is 5.93. The van der Waals surface area contributed by atoms with Crippen molar-refractivity contribution in [1.29, 1.82) is 0 Å². The summed E-state index contributed by atoms with van der Waals surface area (Å²) >= 11 is 1.73. The summed E-state index contributed by atoms with van der Waals surface area (Å²) in [5, 5.41) is 16.4. The van der Waals surface area contributed by atoms with E-state index in [4.69, 9.17) is 4.74 Å². The standard InChI is InChI=1S/C28H34N6O2S/c1-19-11-12-25-20(15-19)16-24(28(35)29-25)26(27-30-31-32-34(27)21-7-3-2-4-8-21)33(17-22-9-5-13-36-22)18-23-10-6-14-37-23/h6,10-12,14-16,21-22,26H,2-5,7-9,13,17-18H2,1H3,(H,29,35)/t22-,26+/m1/s1. The summed E-state index contributed by atoms with van der Waals surface area (Å²) in [5.41, 5.74) is 2.58. The molecule has 1 aliphatic heterocycles. The molecule has 9 heteroatoms. The molecule has 37 heavy (non-hydrogen) atoms. The molecule has 4 heterocycles. The Morgan fingerprint density at radius 3 is 2.84 bits per heavy atom. The summed E-state index contributed by atoms with van der Waals surface area (Å²) < 4.78 is 8.10. The fraction of sp³-hybridized carbons (Fsp3) is 0.500. The summed E-state index contributed by atoms with van der Waals surface area (Å²) in [4.78, 5) is 20.4. The molecule has 6 rings (SSSR count). The molecule has 8 nitrogen and oxygen atoms in total. The van der Waals surface area contributed by atoms with Crippen LogP contribution < -0.4 is 5.56 Å². The molecule has 2 fully saturated rings. The summed E-state index contributed by atoms with van der Waals surface area (Å²) in [6.07, 6.45) is 7.96. The minimum absolute atomic E-state index is 0.0944. The molecule has 1 aliphatic carbocycles. The highest BCUT2D eigenvalue weighted by atomic mass is 32.1. The van der Waals surface area contributed by atoms with E-state index >= 15 is 0 Å². The van der Waals surface area contributed by atoms with Crippen molar-refractivity contribution >= 4 is 22.2 Å². The van der Waals surface area contributed by atoms with Crippen LogP contribution in [0, 0.1) is 6.92 Å². The van der Waals surface area contributed by atoms with Gasteiger partial charge in [0.05, 0.1) is 12.1 Å². The molecule has 2 atom stereocenters. The summed E-state index contributed by atoms with van der Waals surface area (Å²) in [6, 6.07) is 12.3. The number of nitrogens with zero attached hydrogens (tertiary/aromatic N) is 5. The number of hydrogen-bond acceptors (Lipinski definition) is 7. The van der Waals surface area contributed by atoms with Gasteiger partial charge in [0.15, 0.2) is 5.82 Å². The van der Waals surface area contributed by atoms with E-state index in [0.717, 1.165) is 54.6 Å². The summed E-state index contributed by atoms with van der Waals surface area (Å²) in [6.45, 7) is 4.28. The van der Waals surface area contributed by atoms with Crippen LogP contribution in [-0.2, 0) is 11.3 Å². The molecular weight excluding hydrogens is 484 g/mol. The Morgan fingerprint density at radius 1 is 1.16 bits per heavy atom. The topological polar surface area (TPSA) is 88.9 Å². The van der Waals surface area contributed by atoms with Crippen LogP contribution in [0.15, 0.2) is 46.6 Å². The lowest BCUT2D eigenvalue weighted by atomic mass is 9.95. The molecule has 0 unspecified atom stereocenters. The van der Waals surface area contributed by atoms with Crippen molar-refractivity contribution < 1.29 is 4.74 Å². The summed E-state index contributed by atoms with van der Waals surface area (Å²) in [5.74, 6) is 0.749. The first-order valence-corrected chi connectivity index (χ1v) is 14.3. The molecule has 1 saturated heterocycles. The first-order chi connectivity index (χ1) is 18.2. The zero-order valence-corrected chi connectivity index (χ0v) is 22.1. The van der Waals surface area contributed by atoms with Crippen molar-refractivity contribution in [3.05, 3.63) is 74.0 Å². The maximum Gasteiger partial charge on any atom is 0.253 e. The van der Waals surface area contributed by atoms with Gasteiger partial charge in [0.2, 0.25) is 0 Å². The minimum Gasteiger partial charge on any atom is -0.377 e. The lowest BCUT2D eigenvalue weighted by molar-refractivity contribution is 0.0571. The van der Waals surface area contributed by atoms with Gasteiger partial charge in [-0.2, -0.15) is 0 Å². The fourth-order valence-corrected chi connectivity index (χ4v) is 6.65. The van der Waals surface area contributed by atoms with E-state index in [1.807, 2.05) is 22.9 Å². The number of aromatic nitrogens is 5. The number of hydrogen-bond donors (Lipinski definition) is 1. The molecular formula is C28H34N6O2S. The van der Waals surface area contributed by atoms with E-state index in [-0.39, 0.29) is 17.7 Å². The maximum absolute atomic E-state index is 13.7. The molecule has 2 aliphatic rings. The van der Waals surface area contributed by atoms with E-state index < -0.39 is 6.04 Å². The van der Waals surface area contributed by atoms with Crippen molar-refractivity contribution in [2.24, 2.45) is 0 Å². The van der Waals surface area contributed by atoms with Crippen LogP contribution >= 0.6 is 11.3 Å². The third-order valence-corrected chi connectivity index (χ3v) is 8.63. The van der Waals surface area contributed by atoms with Crippen LogP contribution in [0.1, 0.15) is 78.9 Å². The van der Waals surface area contributed by atoms with Crippen molar-refractivity contribution in [2.45, 2.75) is 76.6 Å². The predicted molar refractivity (Wildman–Crippen MR) is 145 cm³/mol. The van der Waals surface area contributed by atoms with Gasteiger partial charge in [-0.15, -0.1) is 16.4 Å². The zero-order chi connectivity index (χ0) is 25.2. The Hall–Kier alpha value is -2.88. The van der Waals surface area contributed by atoms with Gasteiger partial charge in [0.25, 0.3) is 5.56 Å². The molecule has 3 aromatic heterocycles. The molecule has 0 spiro atoms. The zero-order valence-electron chi connectivity index (χ0n) is 21.3. The van der Waals surface area contributed by atoms with Crippen LogP contribution in [0.4, 0.5) is 0 Å². The van der Waals surface area contributed by atoms with Gasteiger partial charge in [-0.05, 0) is 78.1 Å². The first kappa shape index (κ1) is 24.5. The lowest BCUT2D eigenvalue weighted by Gasteiger charge is -2.33. The van der Waals surface area contributed by atoms with Gasteiger partial charge < -0.3 is 9.72 Å². The second-order valence-corrected chi connectivity index (χ2v) is 11.5. The van der Waals surface area contributed by atoms with E-state index in [2.05, 4.69) is 55.9 Å². The number of nitrogens with one attached hydrogen (secondary N) is 1. The van der Waals surface area contributed by atoms with Crippen molar-refractivity contribution in [2.75, 3.05) is 13.2 Å². The monoisotopic (exact) mass is 518 g/mol. The number of fused-ring (bicyclic) bond motifs is 1. The smallest absolute Gasteiger partial charge is 0.253 e. The Bertz CT molecular complexity index is 1390. The Balaban J connectivity index is 1.50. The van der Waals surface area contributed by atoms with Gasteiger partial charge in [-0.1, -0.05) is 37.0 Å². The molecule has 194 valence electrons. The molecule has 1 aromatic carbocycles. The van der Waals surface area contributed by atoms with E-state index in [9.17, 15) is 4.79 Å². The predicted octanol–water partition coefficient (Wildman–Crippen LogP) is 5.16. The number of benzene rings is 1. The average molecular weight is 519 g/mol. The maximum atomic E-state index is 13.7. The normalized spacial score (nSPS) is 19.7. The molecule has 0 amide bonds. The van der Waals surface area contributed by atoms with E-state index in [1.165, 1.54) is 24.1 Å². The van der Waals surface area contributed by atoms with Crippen molar-refractivity contribution in [1.82, 2.24) is 30.1 Å². The van der Waals surface area contributed by atoms with E-state index in [1.54, 1.807) is 11.3 Å². The third kappa shape index (κ3) is 5.26. The number of thiophene rings is 1. The second kappa shape index (κ2) is 10.8. The van der Waals surface area contributed by atoms with Gasteiger partial charge >= 0.3 is 0 Å². The number of tetrazole rings is 1. The van der Waals surface area contributed by atoms with Crippen LogP contribution in [0.2, 0.25) is 0 Å². The highest BCUT2D eigenvalue weighted by Crippen LogP contribution is 2.35. The SMILES string of the molecule is Cc1ccc2[nH]c(=O)c([C@@H](c3nnnn3C3CCCCC3)N(Cc3cccs3)C[C@H]3CCCO3)cc2c1. The van der Waals surface area contributed by atoms with E-state index in [0.29, 0.717) is 18.7 Å². The third-order valence-electron chi connectivity index (χ3n) is 7.77. The molecule has 0 radical (unpaired) electrons. The highest BCUT2D eigenvalue weighted by Gasteiger charge is 2.35. The van der Waals surface area contributed by atoms with Gasteiger partial charge in [0.1, 0.15) is 6.04 Å². The van der Waals surface area contributed by atoms with Crippen LogP contribution in [0.5, 0.6) is 0 Å². The van der Waals surface area contributed by atoms with Crippen LogP contribution in [0.25, 0.3) is 10.9 Å². The van der Waals surface area contributed by atoms with Crippen LogP contribution in [-0.4, -0.2) is 49.3 Å².